The molecule has 2 rings (SSSR count). The maximum atomic E-state index is 12.5. The molecule has 2 aromatic rings. The van der Waals surface area contributed by atoms with E-state index >= 15 is 0 Å². The lowest BCUT2D eigenvalue weighted by molar-refractivity contribution is -0.306. The highest BCUT2D eigenvalue weighted by Crippen LogP contribution is 2.22. The molecule has 0 spiro atoms. The molecule has 0 bridgehead atoms. The van der Waals surface area contributed by atoms with E-state index in [0.29, 0.717) is 16.8 Å². The molecule has 5 nitrogen and oxygen atoms in total. The first-order valence-electron chi connectivity index (χ1n) is 7.27. The zero-order valence-electron chi connectivity index (χ0n) is 13.1. The highest BCUT2D eigenvalue weighted by Gasteiger charge is 2.23. The summed E-state index contributed by atoms with van der Waals surface area (Å²) >= 11 is 0. The number of hydrogen-bond acceptors (Lipinski definition) is 4. The quantitative estimate of drug-likeness (QED) is 0.500. The molecule has 122 valence electrons. The highest BCUT2D eigenvalue weighted by molar-refractivity contribution is 6.12. The molecule has 0 heterocycles. The average Bonchev–Trinajstić information content (AvgIpc) is 2.56. The summed E-state index contributed by atoms with van der Waals surface area (Å²) in [6, 6.07) is 14.2. The van der Waals surface area contributed by atoms with Gasteiger partial charge in [0.2, 0.25) is 0 Å². The molecule has 24 heavy (non-hydrogen) atoms. The number of hydrogen-bond donors (Lipinski definition) is 1. The Kier molecular flexibility index (Phi) is 5.27. The Labute approximate surface area is 139 Å². The van der Waals surface area contributed by atoms with Gasteiger partial charge < -0.3 is 15.2 Å². The number of carbonyl (C=O) groups excluding carboxylic acids is 3. The summed E-state index contributed by atoms with van der Waals surface area (Å²) in [6.45, 7) is 5.12. The van der Waals surface area contributed by atoms with Crippen LogP contribution in [0.3, 0.4) is 0 Å². The number of amides is 1. The largest absolute Gasteiger partial charge is 0.549 e. The fourth-order valence-corrected chi connectivity index (χ4v) is 2.16. The van der Waals surface area contributed by atoms with Crippen molar-refractivity contribution in [1.29, 1.82) is 0 Å². The summed E-state index contributed by atoms with van der Waals surface area (Å²) in [5.41, 5.74) is 1.43. The molecule has 0 aliphatic rings. The third-order valence-electron chi connectivity index (χ3n) is 3.45. The zero-order valence-corrected chi connectivity index (χ0v) is 13.1. The minimum absolute atomic E-state index is 0.223. The lowest BCUT2D eigenvalue weighted by Crippen LogP contribution is -2.34. The van der Waals surface area contributed by atoms with Crippen molar-refractivity contribution in [2.45, 2.75) is 12.8 Å². The molecule has 0 fully saturated rings. The van der Waals surface area contributed by atoms with Crippen LogP contribution < -0.4 is 10.4 Å². The average molecular weight is 322 g/mol. The number of rotatable bonds is 6. The maximum absolute atomic E-state index is 12.5. The van der Waals surface area contributed by atoms with Gasteiger partial charge in [-0.25, -0.2) is 0 Å². The predicted octanol–water partition coefficient (Wildman–Crippen LogP) is 1.92. The van der Waals surface area contributed by atoms with Crippen LogP contribution in [-0.4, -0.2) is 17.7 Å². The zero-order chi connectivity index (χ0) is 17.7. The van der Waals surface area contributed by atoms with Gasteiger partial charge in [0.05, 0.1) is 11.9 Å². The van der Waals surface area contributed by atoms with Crippen LogP contribution in [0.1, 0.15) is 28.8 Å². The molecule has 1 unspecified atom stereocenters. The van der Waals surface area contributed by atoms with Crippen molar-refractivity contribution in [3.05, 3.63) is 77.9 Å². The van der Waals surface area contributed by atoms with Crippen LogP contribution in [0.2, 0.25) is 0 Å². The lowest BCUT2D eigenvalue weighted by Gasteiger charge is -2.17. The van der Waals surface area contributed by atoms with Crippen molar-refractivity contribution in [2.24, 2.45) is 0 Å². The number of Topliss-reactive ketones (excluding diaryl/α,β-unsaturated/α-hetero) is 1. The molecule has 0 saturated heterocycles. The van der Waals surface area contributed by atoms with Crippen molar-refractivity contribution in [2.75, 3.05) is 5.32 Å². The van der Waals surface area contributed by atoms with Gasteiger partial charge in [-0.05, 0) is 36.8 Å². The smallest absolute Gasteiger partial charge is 0.250 e. The van der Waals surface area contributed by atoms with Crippen LogP contribution in [0.5, 0.6) is 0 Å². The van der Waals surface area contributed by atoms with Crippen molar-refractivity contribution in [3.63, 3.8) is 0 Å². The van der Waals surface area contributed by atoms with Crippen LogP contribution >= 0.6 is 0 Å². The van der Waals surface area contributed by atoms with E-state index in [4.69, 9.17) is 0 Å². The van der Waals surface area contributed by atoms with E-state index in [-0.39, 0.29) is 11.5 Å². The van der Waals surface area contributed by atoms with Gasteiger partial charge >= 0.3 is 0 Å². The molecule has 1 atom stereocenters. The van der Waals surface area contributed by atoms with Crippen molar-refractivity contribution < 1.29 is 19.5 Å². The Balaban J connectivity index is 2.23. The normalized spacial score (nSPS) is 11.4. The number of carboxylic acid groups (broad SMARTS) is 1. The van der Waals surface area contributed by atoms with Crippen LogP contribution in [0.15, 0.2) is 66.7 Å². The van der Waals surface area contributed by atoms with Gasteiger partial charge in [0, 0.05) is 16.8 Å². The molecule has 0 aliphatic carbocycles. The van der Waals surface area contributed by atoms with Crippen molar-refractivity contribution >= 4 is 23.3 Å². The van der Waals surface area contributed by atoms with Gasteiger partial charge in [-0.2, -0.15) is 0 Å². The van der Waals surface area contributed by atoms with E-state index in [1.54, 1.807) is 37.3 Å². The van der Waals surface area contributed by atoms with Gasteiger partial charge in [-0.3, -0.25) is 9.59 Å². The maximum Gasteiger partial charge on any atom is 0.250 e. The van der Waals surface area contributed by atoms with Gasteiger partial charge in [0.25, 0.3) is 5.91 Å². The van der Waals surface area contributed by atoms with E-state index < -0.39 is 17.7 Å². The van der Waals surface area contributed by atoms with Crippen molar-refractivity contribution in [3.8, 4) is 0 Å². The number of carbonyl (C=O) groups is 3. The molecule has 5 heteroatoms. The molecule has 0 aromatic heterocycles. The number of aliphatic carboxylic acids is 1. The fraction of sp³-hybridized carbons (Fsp3) is 0.105. The first-order valence-corrected chi connectivity index (χ1v) is 7.27. The molecule has 2 aromatic carbocycles. The summed E-state index contributed by atoms with van der Waals surface area (Å²) in [4.78, 5) is 35.5. The van der Waals surface area contributed by atoms with E-state index in [9.17, 15) is 19.5 Å². The van der Waals surface area contributed by atoms with E-state index in [1.165, 1.54) is 24.3 Å². The lowest BCUT2D eigenvalue weighted by atomic mass is 9.90. The Morgan fingerprint density at radius 1 is 1.00 bits per heavy atom. The number of carboxylic acids is 1. The SMILES string of the molecule is C=C(C)C(=O)Nc1ccc(C(=O)C(C(=O)[O-])c2ccccc2)cc1. The second kappa shape index (κ2) is 7.37. The topological polar surface area (TPSA) is 86.3 Å². The molecule has 0 radical (unpaired) electrons. The summed E-state index contributed by atoms with van der Waals surface area (Å²) in [5, 5.41) is 14.0. The van der Waals surface area contributed by atoms with Gasteiger partial charge in [0.15, 0.2) is 5.78 Å². The fourth-order valence-electron chi connectivity index (χ4n) is 2.16. The van der Waals surface area contributed by atoms with Crippen LogP contribution in [0.4, 0.5) is 5.69 Å². The number of nitrogens with one attached hydrogen (secondary N) is 1. The Morgan fingerprint density at radius 2 is 1.58 bits per heavy atom. The summed E-state index contributed by atoms with van der Waals surface area (Å²) in [7, 11) is 0. The monoisotopic (exact) mass is 322 g/mol. The van der Waals surface area contributed by atoms with Gasteiger partial charge in [-0.15, -0.1) is 0 Å². The third kappa shape index (κ3) is 3.95. The molecule has 0 saturated carbocycles. The third-order valence-corrected chi connectivity index (χ3v) is 3.45. The van der Waals surface area contributed by atoms with Gasteiger partial charge in [0.1, 0.15) is 0 Å². The summed E-state index contributed by atoms with van der Waals surface area (Å²) < 4.78 is 0. The Bertz CT molecular complexity index is 779. The number of anilines is 1. The van der Waals surface area contributed by atoms with Crippen LogP contribution in [0, 0.1) is 0 Å². The molecular weight excluding hydrogens is 306 g/mol. The molecule has 0 aliphatic heterocycles. The number of benzene rings is 2. The standard InChI is InChI=1S/C19H17NO4/c1-12(2)18(22)20-15-10-8-14(9-11-15)17(21)16(19(23)24)13-6-4-3-5-7-13/h3-11,16H,1H2,2H3,(H,20,22)(H,23,24)/p-1. The Morgan fingerprint density at radius 3 is 2.08 bits per heavy atom. The predicted molar refractivity (Wildman–Crippen MR) is 88.4 cm³/mol. The van der Waals surface area contributed by atoms with Gasteiger partial charge in [-0.1, -0.05) is 36.9 Å². The second-order valence-corrected chi connectivity index (χ2v) is 5.34. The van der Waals surface area contributed by atoms with Crippen LogP contribution in [-0.2, 0) is 9.59 Å². The first kappa shape index (κ1) is 17.1. The summed E-state index contributed by atoms with van der Waals surface area (Å²) in [5.74, 6) is -3.72. The highest BCUT2D eigenvalue weighted by atomic mass is 16.4. The Hall–Kier alpha value is -3.21. The van der Waals surface area contributed by atoms with Crippen LogP contribution in [0.25, 0.3) is 0 Å². The van der Waals surface area contributed by atoms with Crippen molar-refractivity contribution in [1.82, 2.24) is 0 Å². The molecule has 1 N–H and O–H groups in total. The number of ketones is 1. The minimum Gasteiger partial charge on any atom is -0.549 e. The van der Waals surface area contributed by atoms with E-state index in [0.717, 1.165) is 0 Å². The first-order chi connectivity index (χ1) is 11.4. The minimum atomic E-state index is -1.45. The van der Waals surface area contributed by atoms with E-state index in [1.807, 2.05) is 0 Å². The summed E-state index contributed by atoms with van der Waals surface area (Å²) in [6.07, 6.45) is 0. The molecular formula is C19H16NO4-. The second-order valence-electron chi connectivity index (χ2n) is 5.34. The van der Waals surface area contributed by atoms with E-state index in [2.05, 4.69) is 11.9 Å². The molecule has 1 amide bonds.